The van der Waals surface area contributed by atoms with Crippen LogP contribution in [0.5, 0.6) is 0 Å². The smallest absolute Gasteiger partial charge is 0.0810 e. The number of aliphatic hydroxyl groups is 1. The predicted octanol–water partition coefficient (Wildman–Crippen LogP) is 0.121. The summed E-state index contributed by atoms with van der Waals surface area (Å²) in [6.45, 7) is 2.22. The summed E-state index contributed by atoms with van der Waals surface area (Å²) in [4.78, 5) is 0. The van der Waals surface area contributed by atoms with E-state index in [1.807, 2.05) is 6.92 Å². The van der Waals surface area contributed by atoms with Crippen molar-refractivity contribution in [3.05, 3.63) is 0 Å². The van der Waals surface area contributed by atoms with Crippen molar-refractivity contribution < 1.29 is 9.84 Å². The molecule has 62 valence electrons. The summed E-state index contributed by atoms with van der Waals surface area (Å²) in [5.74, 6) is 0. The van der Waals surface area contributed by atoms with Gasteiger partial charge in [0.1, 0.15) is 0 Å². The van der Waals surface area contributed by atoms with Crippen LogP contribution < -0.4 is 5.73 Å². The SMILES string of the molecule is CC1CCC(CO)O1.CN. The second-order valence-electron chi connectivity index (χ2n) is 2.33. The minimum absolute atomic E-state index is 0.130. The van der Waals surface area contributed by atoms with Crippen LogP contribution in [0.15, 0.2) is 0 Å². The van der Waals surface area contributed by atoms with Crippen LogP contribution in [-0.2, 0) is 4.74 Å². The molecular formula is C7H17NO2. The summed E-state index contributed by atoms with van der Waals surface area (Å²) in [6, 6.07) is 0. The lowest BCUT2D eigenvalue weighted by molar-refractivity contribution is 0.0198. The van der Waals surface area contributed by atoms with Crippen molar-refractivity contribution >= 4 is 0 Å². The first-order valence-corrected chi connectivity index (χ1v) is 3.67. The average molecular weight is 147 g/mol. The van der Waals surface area contributed by atoms with Crippen LogP contribution in [0.25, 0.3) is 0 Å². The van der Waals surface area contributed by atoms with Gasteiger partial charge in [-0.25, -0.2) is 0 Å². The summed E-state index contributed by atoms with van der Waals surface area (Å²) in [5, 5.41) is 8.56. The third-order valence-corrected chi connectivity index (χ3v) is 1.52. The zero-order chi connectivity index (χ0) is 7.98. The first-order valence-electron chi connectivity index (χ1n) is 3.67. The van der Waals surface area contributed by atoms with Gasteiger partial charge >= 0.3 is 0 Å². The summed E-state index contributed by atoms with van der Waals surface area (Å²) in [6.07, 6.45) is 2.63. The molecule has 1 heterocycles. The Balaban J connectivity index is 0.000000371. The van der Waals surface area contributed by atoms with E-state index in [1.165, 1.54) is 7.05 Å². The van der Waals surface area contributed by atoms with Gasteiger partial charge in [-0.1, -0.05) is 0 Å². The normalized spacial score (nSPS) is 31.2. The van der Waals surface area contributed by atoms with Crippen LogP contribution in [0, 0.1) is 0 Å². The minimum Gasteiger partial charge on any atom is -0.394 e. The maximum atomic E-state index is 8.56. The highest BCUT2D eigenvalue weighted by molar-refractivity contribution is 4.68. The van der Waals surface area contributed by atoms with Crippen molar-refractivity contribution in [1.29, 1.82) is 0 Å². The van der Waals surface area contributed by atoms with Gasteiger partial charge in [0.05, 0.1) is 18.8 Å². The van der Waals surface area contributed by atoms with E-state index in [-0.39, 0.29) is 12.7 Å². The number of nitrogens with two attached hydrogens (primary N) is 1. The number of rotatable bonds is 1. The molecule has 2 atom stereocenters. The summed E-state index contributed by atoms with van der Waals surface area (Å²) in [5.41, 5.74) is 4.50. The molecule has 1 fully saturated rings. The molecule has 0 bridgehead atoms. The molecule has 0 radical (unpaired) electrons. The van der Waals surface area contributed by atoms with Gasteiger partial charge < -0.3 is 15.6 Å². The molecule has 0 saturated carbocycles. The fraction of sp³-hybridized carbons (Fsp3) is 1.00. The van der Waals surface area contributed by atoms with E-state index in [0.29, 0.717) is 6.10 Å². The fourth-order valence-corrected chi connectivity index (χ4v) is 1.02. The minimum atomic E-state index is 0.130. The zero-order valence-electron chi connectivity index (χ0n) is 6.71. The first kappa shape index (κ1) is 9.88. The highest BCUT2D eigenvalue weighted by atomic mass is 16.5. The molecule has 0 aromatic carbocycles. The zero-order valence-corrected chi connectivity index (χ0v) is 6.71. The Labute approximate surface area is 62.2 Å². The topological polar surface area (TPSA) is 55.5 Å². The highest BCUT2D eigenvalue weighted by Gasteiger charge is 2.19. The van der Waals surface area contributed by atoms with Crippen LogP contribution in [0.4, 0.5) is 0 Å². The first-order chi connectivity index (χ1) is 4.83. The van der Waals surface area contributed by atoms with E-state index in [0.717, 1.165) is 12.8 Å². The lowest BCUT2D eigenvalue weighted by Gasteiger charge is -2.05. The van der Waals surface area contributed by atoms with Crippen molar-refractivity contribution in [3.63, 3.8) is 0 Å². The van der Waals surface area contributed by atoms with Crippen LogP contribution >= 0.6 is 0 Å². The van der Waals surface area contributed by atoms with Gasteiger partial charge in [-0.05, 0) is 26.8 Å². The highest BCUT2D eigenvalue weighted by Crippen LogP contribution is 2.17. The van der Waals surface area contributed by atoms with Crippen molar-refractivity contribution in [1.82, 2.24) is 0 Å². The standard InChI is InChI=1S/C6H12O2.CH5N/c1-5-2-3-6(4-7)8-5;1-2/h5-7H,2-4H2,1H3;2H2,1H3. The Hall–Kier alpha value is -0.120. The third kappa shape index (κ3) is 3.15. The predicted molar refractivity (Wildman–Crippen MR) is 40.8 cm³/mol. The number of hydrogen-bond acceptors (Lipinski definition) is 3. The molecule has 1 rings (SSSR count). The van der Waals surface area contributed by atoms with Gasteiger partial charge in [0.2, 0.25) is 0 Å². The number of ether oxygens (including phenoxy) is 1. The van der Waals surface area contributed by atoms with E-state index in [4.69, 9.17) is 9.84 Å². The van der Waals surface area contributed by atoms with Gasteiger partial charge in [0.25, 0.3) is 0 Å². The molecule has 0 aromatic rings. The quantitative estimate of drug-likeness (QED) is 0.554. The lowest BCUT2D eigenvalue weighted by Crippen LogP contribution is -2.11. The lowest BCUT2D eigenvalue weighted by atomic mass is 10.2. The molecule has 3 N–H and O–H groups in total. The largest absolute Gasteiger partial charge is 0.394 e. The number of aliphatic hydroxyl groups excluding tert-OH is 1. The van der Waals surface area contributed by atoms with Crippen LogP contribution in [-0.4, -0.2) is 31.0 Å². The number of hydrogen-bond donors (Lipinski definition) is 2. The second-order valence-corrected chi connectivity index (χ2v) is 2.33. The molecule has 10 heavy (non-hydrogen) atoms. The van der Waals surface area contributed by atoms with E-state index < -0.39 is 0 Å². The molecule has 1 aliphatic heterocycles. The molecule has 3 heteroatoms. The van der Waals surface area contributed by atoms with E-state index in [2.05, 4.69) is 5.73 Å². The summed E-state index contributed by atoms with van der Waals surface area (Å²) in [7, 11) is 1.50. The third-order valence-electron chi connectivity index (χ3n) is 1.52. The molecule has 1 aliphatic rings. The molecule has 0 aliphatic carbocycles. The molecule has 3 nitrogen and oxygen atoms in total. The summed E-state index contributed by atoms with van der Waals surface area (Å²) < 4.78 is 5.26. The van der Waals surface area contributed by atoms with Crippen LogP contribution in [0.1, 0.15) is 19.8 Å². The molecular weight excluding hydrogens is 130 g/mol. The molecule has 2 unspecified atom stereocenters. The summed E-state index contributed by atoms with van der Waals surface area (Å²) >= 11 is 0. The van der Waals surface area contributed by atoms with Crippen LogP contribution in [0.3, 0.4) is 0 Å². The maximum absolute atomic E-state index is 8.56. The Morgan fingerprint density at radius 1 is 1.50 bits per heavy atom. The Kier molecular flexibility index (Phi) is 5.58. The molecule has 0 aromatic heterocycles. The van der Waals surface area contributed by atoms with Crippen molar-refractivity contribution in [2.45, 2.75) is 32.0 Å². The average Bonchev–Trinajstić information content (AvgIpc) is 2.40. The Morgan fingerprint density at radius 3 is 2.30 bits per heavy atom. The van der Waals surface area contributed by atoms with Gasteiger partial charge in [-0.3, -0.25) is 0 Å². The van der Waals surface area contributed by atoms with E-state index in [9.17, 15) is 0 Å². The van der Waals surface area contributed by atoms with Gasteiger partial charge in [-0.2, -0.15) is 0 Å². The van der Waals surface area contributed by atoms with Gasteiger partial charge in [0.15, 0.2) is 0 Å². The molecule has 0 amide bonds. The van der Waals surface area contributed by atoms with Crippen LogP contribution in [0.2, 0.25) is 0 Å². The second kappa shape index (κ2) is 5.65. The van der Waals surface area contributed by atoms with Crippen molar-refractivity contribution in [3.8, 4) is 0 Å². The van der Waals surface area contributed by atoms with Gasteiger partial charge in [-0.15, -0.1) is 0 Å². The Bertz CT molecular complexity index is 78.0. The van der Waals surface area contributed by atoms with Gasteiger partial charge in [0, 0.05) is 0 Å². The maximum Gasteiger partial charge on any atom is 0.0810 e. The fourth-order valence-electron chi connectivity index (χ4n) is 1.02. The Morgan fingerprint density at radius 2 is 2.10 bits per heavy atom. The monoisotopic (exact) mass is 147 g/mol. The van der Waals surface area contributed by atoms with Crippen molar-refractivity contribution in [2.75, 3.05) is 13.7 Å². The molecule has 1 saturated heterocycles. The van der Waals surface area contributed by atoms with Crippen molar-refractivity contribution in [2.24, 2.45) is 5.73 Å². The van der Waals surface area contributed by atoms with E-state index >= 15 is 0 Å². The molecule has 0 spiro atoms. The van der Waals surface area contributed by atoms with E-state index in [1.54, 1.807) is 0 Å².